The Bertz CT molecular complexity index is 1060. The molecule has 0 bridgehead atoms. The number of unbranched alkanes of at least 4 members (excludes halogenated alkanes) is 3. The van der Waals surface area contributed by atoms with E-state index in [1.54, 1.807) is 6.33 Å². The Morgan fingerprint density at radius 2 is 1.94 bits per heavy atom. The minimum Gasteiger partial charge on any atom is -0.493 e. The second-order valence-electron chi connectivity index (χ2n) is 8.34. The monoisotopic (exact) mass is 455 g/mol. The summed E-state index contributed by atoms with van der Waals surface area (Å²) in [5.74, 6) is 1.19. The van der Waals surface area contributed by atoms with Gasteiger partial charge in [-0.05, 0) is 38.8 Å². The molecule has 8 nitrogen and oxygen atoms in total. The predicted octanol–water partition coefficient (Wildman–Crippen LogP) is 5.02. The number of hydroxylamine groups is 1. The molecule has 180 valence electrons. The summed E-state index contributed by atoms with van der Waals surface area (Å²) in [5, 5.41) is 0. The van der Waals surface area contributed by atoms with Crippen LogP contribution in [0.3, 0.4) is 0 Å². The number of aromatic amines is 1. The second kappa shape index (κ2) is 12.5. The van der Waals surface area contributed by atoms with Gasteiger partial charge in [-0.3, -0.25) is 4.79 Å². The molecule has 8 heteroatoms. The maximum Gasteiger partial charge on any atom is 0.279 e. The van der Waals surface area contributed by atoms with Crippen molar-refractivity contribution in [2.45, 2.75) is 78.3 Å². The summed E-state index contributed by atoms with van der Waals surface area (Å²) >= 11 is 0. The molecule has 3 aromatic rings. The quantitative estimate of drug-likeness (QED) is 0.262. The summed E-state index contributed by atoms with van der Waals surface area (Å²) in [6, 6.07) is 7.72. The summed E-state index contributed by atoms with van der Waals surface area (Å²) in [7, 11) is 0. The van der Waals surface area contributed by atoms with Crippen LogP contribution in [0.4, 0.5) is 0 Å². The van der Waals surface area contributed by atoms with Crippen molar-refractivity contribution in [2.24, 2.45) is 0 Å². The summed E-state index contributed by atoms with van der Waals surface area (Å²) < 4.78 is 7.92. The van der Waals surface area contributed by atoms with Crippen LogP contribution >= 0.6 is 0 Å². The average Bonchev–Trinajstić information content (AvgIpc) is 3.25. The van der Waals surface area contributed by atoms with Crippen LogP contribution in [0, 0.1) is 0 Å². The zero-order valence-electron chi connectivity index (χ0n) is 20.3. The molecule has 2 N–H and O–H groups in total. The van der Waals surface area contributed by atoms with Gasteiger partial charge in [0.1, 0.15) is 11.6 Å². The molecule has 2 unspecified atom stereocenters. The number of rotatable bonds is 14. The lowest BCUT2D eigenvalue weighted by atomic mass is 10.0. The number of para-hydroxylation sites is 1. The van der Waals surface area contributed by atoms with Crippen LogP contribution in [-0.4, -0.2) is 38.8 Å². The van der Waals surface area contributed by atoms with E-state index in [2.05, 4.69) is 36.2 Å². The number of H-pyrrole nitrogens is 1. The van der Waals surface area contributed by atoms with Crippen molar-refractivity contribution in [2.75, 3.05) is 13.2 Å². The maximum absolute atomic E-state index is 12.9. The Hall–Kier alpha value is -2.71. The fourth-order valence-corrected chi connectivity index (χ4v) is 4.00. The van der Waals surface area contributed by atoms with Gasteiger partial charge in [0.2, 0.25) is 0 Å². The molecule has 0 saturated heterocycles. The number of nitrogens with one attached hydrogen (secondary N) is 2. The van der Waals surface area contributed by atoms with Crippen LogP contribution < -0.4 is 15.8 Å². The topological polar surface area (TPSA) is 94.1 Å². The number of aromatic nitrogens is 4. The number of fused-ring (bicyclic) bond motifs is 1. The van der Waals surface area contributed by atoms with Gasteiger partial charge in [0.05, 0.1) is 37.2 Å². The van der Waals surface area contributed by atoms with Crippen molar-refractivity contribution < 1.29 is 9.57 Å². The van der Waals surface area contributed by atoms with Crippen molar-refractivity contribution in [3.8, 4) is 17.1 Å². The van der Waals surface area contributed by atoms with Gasteiger partial charge < -0.3 is 19.1 Å². The Kier molecular flexibility index (Phi) is 9.45. The number of imidazole rings is 1. The third kappa shape index (κ3) is 6.21. The van der Waals surface area contributed by atoms with Crippen LogP contribution in [-0.2, 0) is 4.84 Å². The molecule has 0 saturated carbocycles. The van der Waals surface area contributed by atoms with Gasteiger partial charge in [-0.2, -0.15) is 5.48 Å². The van der Waals surface area contributed by atoms with E-state index >= 15 is 0 Å². The molecule has 0 aliphatic heterocycles. The zero-order chi connectivity index (χ0) is 23.6. The minimum absolute atomic E-state index is 0.0219. The van der Waals surface area contributed by atoms with Gasteiger partial charge in [-0.25, -0.2) is 9.97 Å². The minimum atomic E-state index is -0.255. The molecule has 0 radical (unpaired) electrons. The van der Waals surface area contributed by atoms with E-state index in [-0.39, 0.29) is 17.6 Å². The normalized spacial score (nSPS) is 13.3. The average molecular weight is 456 g/mol. The molecular weight excluding hydrogens is 418 g/mol. The molecule has 0 aliphatic carbocycles. The lowest BCUT2D eigenvalue weighted by Gasteiger charge is -2.26. The van der Waals surface area contributed by atoms with Crippen LogP contribution in [0.15, 0.2) is 35.4 Å². The molecule has 3 rings (SSSR count). The van der Waals surface area contributed by atoms with Crippen molar-refractivity contribution in [1.82, 2.24) is 25.0 Å². The van der Waals surface area contributed by atoms with Crippen molar-refractivity contribution in [3.63, 3.8) is 0 Å². The molecule has 0 fully saturated rings. The lowest BCUT2D eigenvalue weighted by molar-refractivity contribution is 0.0145. The summed E-state index contributed by atoms with van der Waals surface area (Å²) in [4.78, 5) is 30.6. The highest BCUT2D eigenvalue weighted by Crippen LogP contribution is 2.29. The van der Waals surface area contributed by atoms with E-state index in [9.17, 15) is 4.79 Å². The number of hydrogen-bond acceptors (Lipinski definition) is 6. The molecule has 0 amide bonds. The number of ether oxygens (including phenoxy) is 1. The van der Waals surface area contributed by atoms with E-state index in [0.717, 1.165) is 24.8 Å². The Balaban J connectivity index is 2.02. The highest BCUT2D eigenvalue weighted by atomic mass is 16.6. The second-order valence-corrected chi connectivity index (χ2v) is 8.34. The number of benzene rings is 1. The third-order valence-electron chi connectivity index (χ3n) is 5.74. The van der Waals surface area contributed by atoms with Crippen molar-refractivity contribution in [3.05, 3.63) is 40.9 Å². The molecule has 0 spiro atoms. The maximum atomic E-state index is 12.9. The largest absolute Gasteiger partial charge is 0.493 e. The molecule has 2 atom stereocenters. The van der Waals surface area contributed by atoms with Gasteiger partial charge in [0.15, 0.2) is 11.2 Å². The summed E-state index contributed by atoms with van der Waals surface area (Å²) in [6.07, 6.45) is 8.21. The highest BCUT2D eigenvalue weighted by Gasteiger charge is 2.23. The van der Waals surface area contributed by atoms with Gasteiger partial charge in [0, 0.05) is 0 Å². The molecular formula is C25H37N5O3. The number of hydrogen-bond donors (Lipinski definition) is 2. The lowest BCUT2D eigenvalue weighted by Crippen LogP contribution is -2.35. The smallest absolute Gasteiger partial charge is 0.279 e. The Morgan fingerprint density at radius 3 is 2.70 bits per heavy atom. The van der Waals surface area contributed by atoms with E-state index < -0.39 is 0 Å². The van der Waals surface area contributed by atoms with Gasteiger partial charge in [0.25, 0.3) is 5.56 Å². The Morgan fingerprint density at radius 1 is 1.12 bits per heavy atom. The third-order valence-corrected chi connectivity index (χ3v) is 5.74. The summed E-state index contributed by atoms with van der Waals surface area (Å²) in [5.41, 5.74) is 4.56. The molecule has 2 aromatic heterocycles. The van der Waals surface area contributed by atoms with Crippen LogP contribution in [0.1, 0.15) is 72.3 Å². The van der Waals surface area contributed by atoms with E-state index in [1.165, 1.54) is 19.3 Å². The standard InChI is InChI=1S/C25H37N5O3/c1-5-8-9-10-14-20(18(4)29-33-7-3)30-17-26-22-24(30)27-23(28-25(22)31)19-13-11-12-15-21(19)32-16-6-2/h11-13,15,17-18,20,29H,5-10,14,16H2,1-4H3,(H,27,28,31). The fraction of sp³-hybridized carbons (Fsp3) is 0.560. The highest BCUT2D eigenvalue weighted by molar-refractivity contribution is 5.74. The van der Waals surface area contributed by atoms with E-state index in [4.69, 9.17) is 14.6 Å². The van der Waals surface area contributed by atoms with Crippen molar-refractivity contribution >= 4 is 11.2 Å². The van der Waals surface area contributed by atoms with E-state index in [1.807, 2.05) is 35.8 Å². The first-order chi connectivity index (χ1) is 16.1. The van der Waals surface area contributed by atoms with Crippen LogP contribution in [0.2, 0.25) is 0 Å². The van der Waals surface area contributed by atoms with Crippen LogP contribution in [0.5, 0.6) is 5.75 Å². The molecule has 33 heavy (non-hydrogen) atoms. The summed E-state index contributed by atoms with van der Waals surface area (Å²) in [6.45, 7) is 9.49. The zero-order valence-corrected chi connectivity index (χ0v) is 20.3. The molecule has 0 aliphatic rings. The SMILES string of the molecule is CCCCCCC(C(C)NOCC)n1cnc2c(=O)[nH]c(-c3ccccc3OCCC)nc21. The molecule has 1 aromatic carbocycles. The van der Waals surface area contributed by atoms with Crippen molar-refractivity contribution in [1.29, 1.82) is 0 Å². The first-order valence-corrected chi connectivity index (χ1v) is 12.2. The fourth-order valence-electron chi connectivity index (χ4n) is 4.00. The van der Waals surface area contributed by atoms with E-state index in [0.29, 0.717) is 36.0 Å². The number of nitrogens with zero attached hydrogens (tertiary/aromatic N) is 3. The van der Waals surface area contributed by atoms with Crippen LogP contribution in [0.25, 0.3) is 22.6 Å². The first-order valence-electron chi connectivity index (χ1n) is 12.2. The predicted molar refractivity (Wildman–Crippen MR) is 131 cm³/mol. The molecule has 2 heterocycles. The van der Waals surface area contributed by atoms with Gasteiger partial charge in [-0.15, -0.1) is 0 Å². The van der Waals surface area contributed by atoms with Gasteiger partial charge >= 0.3 is 0 Å². The van der Waals surface area contributed by atoms with Gasteiger partial charge in [-0.1, -0.05) is 51.7 Å². The Labute approximate surface area is 195 Å². The first kappa shape index (κ1) is 24.9.